The first kappa shape index (κ1) is 9.51. The first-order chi connectivity index (χ1) is 5.61. The molecule has 0 aromatic carbocycles. The average molecular weight is 183 g/mol. The van der Waals surface area contributed by atoms with Crippen molar-refractivity contribution in [3.05, 3.63) is 12.7 Å². The summed E-state index contributed by atoms with van der Waals surface area (Å²) in [6.07, 6.45) is 4.07. The van der Waals surface area contributed by atoms with Gasteiger partial charge in [0.15, 0.2) is 0 Å². The molecule has 1 rings (SSSR count). The van der Waals surface area contributed by atoms with Crippen LogP contribution in [0.1, 0.15) is 19.8 Å². The van der Waals surface area contributed by atoms with Gasteiger partial charge in [-0.3, -0.25) is 4.79 Å². The maximum absolute atomic E-state index is 11.6. The average Bonchev–Trinajstić information content (AvgIpc) is 2.19. The molecule has 1 N–H and O–H groups in total. The van der Waals surface area contributed by atoms with E-state index in [1.54, 1.807) is 0 Å². The molecule has 1 saturated heterocycles. The van der Waals surface area contributed by atoms with E-state index in [2.05, 4.69) is 18.8 Å². The minimum Gasteiger partial charge on any atom is -0.356 e. The molecule has 0 aliphatic carbocycles. The number of hydrogen-bond acceptors (Lipinski definition) is 1. The van der Waals surface area contributed by atoms with Crippen LogP contribution in [0.5, 0.6) is 0 Å². The molecule has 1 aliphatic rings. The van der Waals surface area contributed by atoms with Crippen molar-refractivity contribution in [3.63, 3.8) is 0 Å². The second kappa shape index (κ2) is 3.43. The summed E-state index contributed by atoms with van der Waals surface area (Å²) in [6.45, 7) is 6.76. The molecular weight excluding hydrogens is 166 g/mol. The summed E-state index contributed by atoms with van der Waals surface area (Å²) in [5, 5.41) is 2.72. The Labute approximate surface area is 76.8 Å². The molecule has 12 heavy (non-hydrogen) atoms. The van der Waals surface area contributed by atoms with Crippen molar-refractivity contribution >= 4 is 16.1 Å². The summed E-state index contributed by atoms with van der Waals surface area (Å²) in [6, 6.07) is 0. The quantitative estimate of drug-likeness (QED) is 0.458. The third kappa shape index (κ3) is 1.46. The molecule has 2 unspecified atom stereocenters. The molecular formula is C9H17NOSi. The minimum absolute atomic E-state index is 0.189. The molecule has 1 amide bonds. The van der Waals surface area contributed by atoms with Crippen LogP contribution >= 0.6 is 0 Å². The summed E-state index contributed by atoms with van der Waals surface area (Å²) < 4.78 is 0. The lowest BCUT2D eigenvalue weighted by atomic mass is 9.89. The van der Waals surface area contributed by atoms with E-state index in [1.807, 2.05) is 6.08 Å². The first-order valence-corrected chi connectivity index (χ1v) is 5.53. The van der Waals surface area contributed by atoms with Crippen molar-refractivity contribution in [2.45, 2.75) is 24.8 Å². The predicted molar refractivity (Wildman–Crippen MR) is 54.2 cm³/mol. The van der Waals surface area contributed by atoms with E-state index in [1.165, 1.54) is 0 Å². The van der Waals surface area contributed by atoms with E-state index in [4.69, 9.17) is 0 Å². The molecule has 0 radical (unpaired) electrons. The molecule has 0 saturated carbocycles. The highest BCUT2D eigenvalue weighted by molar-refractivity contribution is 6.30. The fraction of sp³-hybridized carbons (Fsp3) is 0.667. The van der Waals surface area contributed by atoms with Gasteiger partial charge in [-0.2, -0.15) is 0 Å². The molecule has 0 spiro atoms. The maximum Gasteiger partial charge on any atom is 0.226 e. The monoisotopic (exact) mass is 183 g/mol. The van der Waals surface area contributed by atoms with Crippen LogP contribution in [0.3, 0.4) is 0 Å². The lowest BCUT2D eigenvalue weighted by molar-refractivity contribution is -0.123. The fourth-order valence-corrected chi connectivity index (χ4v) is 2.08. The Kier molecular flexibility index (Phi) is 2.72. The Hall–Kier alpha value is -0.573. The van der Waals surface area contributed by atoms with Gasteiger partial charge in [-0.05, 0) is 18.8 Å². The van der Waals surface area contributed by atoms with Gasteiger partial charge < -0.3 is 5.32 Å². The molecule has 1 aliphatic heterocycles. The highest BCUT2D eigenvalue weighted by Crippen LogP contribution is 2.37. The van der Waals surface area contributed by atoms with Crippen LogP contribution in [-0.4, -0.2) is 22.7 Å². The fourth-order valence-electron chi connectivity index (χ4n) is 1.62. The number of carbonyl (C=O) groups excluding carboxylic acids is 1. The Morgan fingerprint density at radius 1 is 1.83 bits per heavy atom. The summed E-state index contributed by atoms with van der Waals surface area (Å²) in [5.74, 6) is 0.651. The van der Waals surface area contributed by atoms with Crippen molar-refractivity contribution in [1.82, 2.24) is 5.32 Å². The van der Waals surface area contributed by atoms with Crippen molar-refractivity contribution < 1.29 is 4.79 Å². The summed E-state index contributed by atoms with van der Waals surface area (Å²) >= 11 is 0. The van der Waals surface area contributed by atoms with E-state index in [-0.39, 0.29) is 10.9 Å². The number of amides is 1. The maximum atomic E-state index is 11.6. The van der Waals surface area contributed by atoms with E-state index >= 15 is 0 Å². The zero-order valence-corrected chi connectivity index (χ0v) is 9.89. The minimum atomic E-state index is -0.226. The summed E-state index contributed by atoms with van der Waals surface area (Å²) in [4.78, 5) is 11.6. The molecule has 2 atom stereocenters. The Balaban J connectivity index is 2.88. The molecule has 0 bridgehead atoms. The third-order valence-corrected chi connectivity index (χ3v) is 4.88. The van der Waals surface area contributed by atoms with Crippen molar-refractivity contribution in [3.8, 4) is 0 Å². The first-order valence-electron chi connectivity index (χ1n) is 4.53. The van der Waals surface area contributed by atoms with Crippen LogP contribution in [0.2, 0.25) is 5.04 Å². The lowest BCUT2D eigenvalue weighted by Crippen LogP contribution is -2.36. The van der Waals surface area contributed by atoms with Crippen LogP contribution in [0.15, 0.2) is 12.7 Å². The summed E-state index contributed by atoms with van der Waals surface area (Å²) in [5.41, 5.74) is 0. The topological polar surface area (TPSA) is 29.1 Å². The number of hydrogen-bond donors (Lipinski definition) is 1. The number of rotatable bonds is 1. The molecule has 3 heteroatoms. The molecule has 0 aromatic heterocycles. The van der Waals surface area contributed by atoms with Gasteiger partial charge in [0.25, 0.3) is 0 Å². The van der Waals surface area contributed by atoms with Gasteiger partial charge in [0.1, 0.15) is 0 Å². The zero-order valence-electron chi connectivity index (χ0n) is 7.89. The van der Waals surface area contributed by atoms with Crippen molar-refractivity contribution in [1.29, 1.82) is 0 Å². The van der Waals surface area contributed by atoms with Crippen LogP contribution in [0, 0.1) is 5.92 Å². The number of carbonyl (C=O) groups is 1. The van der Waals surface area contributed by atoms with Gasteiger partial charge >= 0.3 is 0 Å². The highest BCUT2D eigenvalue weighted by atomic mass is 28.1. The molecule has 1 heterocycles. The Morgan fingerprint density at radius 2 is 2.50 bits per heavy atom. The Bertz CT molecular complexity index is 205. The Morgan fingerprint density at radius 3 is 3.08 bits per heavy atom. The standard InChI is InChI=1S/C9H17NOSi/c1-3-9(12)7(2)5-4-6-10-8(9)11/h3,7H,1,4-6H2,2,12H3,(H,10,11). The van der Waals surface area contributed by atoms with Crippen LogP contribution in [-0.2, 0) is 4.79 Å². The summed E-state index contributed by atoms with van der Waals surface area (Å²) in [7, 11) is 0.866. The van der Waals surface area contributed by atoms with Crippen LogP contribution in [0.25, 0.3) is 0 Å². The third-order valence-electron chi connectivity index (χ3n) is 3.04. The van der Waals surface area contributed by atoms with Crippen LogP contribution < -0.4 is 5.32 Å². The van der Waals surface area contributed by atoms with Gasteiger partial charge in [-0.1, -0.05) is 13.0 Å². The van der Waals surface area contributed by atoms with E-state index in [0.717, 1.165) is 29.6 Å². The van der Waals surface area contributed by atoms with Crippen molar-refractivity contribution in [2.24, 2.45) is 5.92 Å². The van der Waals surface area contributed by atoms with Gasteiger partial charge in [0.05, 0.1) is 5.04 Å². The zero-order chi connectivity index (χ0) is 9.19. The number of nitrogens with one attached hydrogen (secondary N) is 1. The lowest BCUT2D eigenvalue weighted by Gasteiger charge is -2.28. The largest absolute Gasteiger partial charge is 0.356 e. The van der Waals surface area contributed by atoms with E-state index in [0.29, 0.717) is 5.92 Å². The second-order valence-electron chi connectivity index (χ2n) is 3.79. The predicted octanol–water partition coefficient (Wildman–Crippen LogP) is 0.243. The molecule has 68 valence electrons. The van der Waals surface area contributed by atoms with Crippen molar-refractivity contribution in [2.75, 3.05) is 6.54 Å². The van der Waals surface area contributed by atoms with E-state index in [9.17, 15) is 4.79 Å². The smallest absolute Gasteiger partial charge is 0.226 e. The van der Waals surface area contributed by atoms with Gasteiger partial charge in [-0.25, -0.2) is 0 Å². The van der Waals surface area contributed by atoms with Gasteiger partial charge in [0, 0.05) is 16.8 Å². The molecule has 2 nitrogen and oxygen atoms in total. The van der Waals surface area contributed by atoms with Crippen LogP contribution in [0.4, 0.5) is 0 Å². The second-order valence-corrected chi connectivity index (χ2v) is 5.44. The van der Waals surface area contributed by atoms with Gasteiger partial charge in [0.2, 0.25) is 5.91 Å². The van der Waals surface area contributed by atoms with Gasteiger partial charge in [-0.15, -0.1) is 6.58 Å². The van der Waals surface area contributed by atoms with E-state index < -0.39 is 0 Å². The normalized spacial score (nSPS) is 37.1. The molecule has 0 aromatic rings. The highest BCUT2D eigenvalue weighted by Gasteiger charge is 2.36. The molecule has 1 fully saturated rings. The SMILES string of the molecule is C=CC1([SiH3])C(=O)NCCCC1C.